The summed E-state index contributed by atoms with van der Waals surface area (Å²) in [7, 11) is 0. The summed E-state index contributed by atoms with van der Waals surface area (Å²) < 4.78 is 4.54. The zero-order valence-corrected chi connectivity index (χ0v) is 10.8. The molecule has 1 aliphatic rings. The van der Waals surface area contributed by atoms with Crippen LogP contribution in [0.4, 0.5) is 5.00 Å². The first-order valence-electron chi connectivity index (χ1n) is 6.22. The van der Waals surface area contributed by atoms with Gasteiger partial charge in [-0.2, -0.15) is 4.37 Å². The summed E-state index contributed by atoms with van der Waals surface area (Å²) in [6.45, 7) is 5.57. The van der Waals surface area contributed by atoms with Gasteiger partial charge in [-0.3, -0.25) is 0 Å². The Morgan fingerprint density at radius 1 is 1.41 bits per heavy atom. The molecule has 3 nitrogen and oxygen atoms in total. The van der Waals surface area contributed by atoms with E-state index in [1.54, 1.807) is 11.5 Å². The number of fused-ring (bicyclic) bond motifs is 1. The quantitative estimate of drug-likeness (QED) is 0.899. The van der Waals surface area contributed by atoms with Crippen molar-refractivity contribution in [3.8, 4) is 0 Å². The predicted octanol–water partition coefficient (Wildman–Crippen LogP) is 2.48. The maximum absolute atomic E-state index is 4.54. The molecule has 0 spiro atoms. The number of aromatic nitrogens is 1. The third-order valence-corrected chi connectivity index (χ3v) is 4.21. The Balaban J connectivity index is 1.99. The minimum absolute atomic E-state index is 0.652. The van der Waals surface area contributed by atoms with Crippen molar-refractivity contribution >= 4 is 27.4 Å². The first-order chi connectivity index (χ1) is 8.40. The Bertz CT molecular complexity index is 504. The molecule has 1 aromatic carbocycles. The maximum atomic E-state index is 4.54. The average molecular weight is 247 g/mol. The number of benzene rings is 1. The smallest absolute Gasteiger partial charge is 0.120 e. The second-order valence-electron chi connectivity index (χ2n) is 4.51. The van der Waals surface area contributed by atoms with Crippen LogP contribution in [0.2, 0.25) is 0 Å². The summed E-state index contributed by atoms with van der Waals surface area (Å²) in [6, 6.07) is 9.09. The highest BCUT2D eigenvalue weighted by Crippen LogP contribution is 2.33. The normalized spacial score (nSPS) is 16.1. The van der Waals surface area contributed by atoms with Gasteiger partial charge in [-0.05, 0) is 30.1 Å². The van der Waals surface area contributed by atoms with Gasteiger partial charge < -0.3 is 10.2 Å². The van der Waals surface area contributed by atoms with Crippen molar-refractivity contribution in [2.75, 3.05) is 24.5 Å². The number of hydrogen-bond donors (Lipinski definition) is 1. The van der Waals surface area contributed by atoms with E-state index in [1.807, 2.05) is 0 Å². The molecule has 0 amide bonds. The van der Waals surface area contributed by atoms with Crippen LogP contribution >= 0.6 is 11.5 Å². The lowest BCUT2D eigenvalue weighted by molar-refractivity contribution is 0.415. The van der Waals surface area contributed by atoms with Gasteiger partial charge in [-0.15, -0.1) is 0 Å². The first-order valence-corrected chi connectivity index (χ1v) is 6.99. The van der Waals surface area contributed by atoms with E-state index in [2.05, 4.69) is 45.8 Å². The van der Waals surface area contributed by atoms with E-state index >= 15 is 0 Å². The molecule has 0 radical (unpaired) electrons. The van der Waals surface area contributed by atoms with Crippen molar-refractivity contribution in [1.82, 2.24) is 9.69 Å². The Morgan fingerprint density at radius 3 is 2.94 bits per heavy atom. The molecule has 90 valence electrons. The summed E-state index contributed by atoms with van der Waals surface area (Å²) in [5.74, 6) is 0. The summed E-state index contributed by atoms with van der Waals surface area (Å²) in [5.41, 5.74) is 1.13. The summed E-state index contributed by atoms with van der Waals surface area (Å²) in [6.07, 6.45) is 1.18. The molecule has 1 aliphatic heterocycles. The molecule has 0 unspecified atom stereocenters. The molecule has 2 heterocycles. The van der Waals surface area contributed by atoms with E-state index in [-0.39, 0.29) is 0 Å². The molecule has 0 bridgehead atoms. The van der Waals surface area contributed by atoms with Gasteiger partial charge in [0.15, 0.2) is 0 Å². The maximum Gasteiger partial charge on any atom is 0.120 e. The van der Waals surface area contributed by atoms with Crippen molar-refractivity contribution < 1.29 is 0 Å². The van der Waals surface area contributed by atoms with Crippen LogP contribution in [0.15, 0.2) is 24.3 Å². The van der Waals surface area contributed by atoms with E-state index in [4.69, 9.17) is 0 Å². The van der Waals surface area contributed by atoms with Gasteiger partial charge in [-0.25, -0.2) is 0 Å². The molecular weight excluding hydrogens is 230 g/mol. The van der Waals surface area contributed by atoms with Crippen molar-refractivity contribution in [3.05, 3.63) is 24.3 Å². The van der Waals surface area contributed by atoms with Gasteiger partial charge in [0, 0.05) is 25.0 Å². The van der Waals surface area contributed by atoms with Gasteiger partial charge in [-0.1, -0.05) is 19.1 Å². The average Bonchev–Trinajstić information content (AvgIpc) is 2.69. The SMILES string of the molecule is CCCN(c1snc2ccccc12)C1CNC1. The number of hydrogen-bond acceptors (Lipinski definition) is 4. The standard InChI is InChI=1S/C13H17N3S/c1-2-7-16(10-8-14-9-10)13-11-5-3-4-6-12(11)15-17-13/h3-6,10,14H,2,7-9H2,1H3. The lowest BCUT2D eigenvalue weighted by Crippen LogP contribution is -2.57. The van der Waals surface area contributed by atoms with Gasteiger partial charge in [0.05, 0.1) is 11.6 Å². The largest absolute Gasteiger partial charge is 0.356 e. The molecule has 1 aromatic heterocycles. The second kappa shape index (κ2) is 4.63. The molecule has 3 rings (SSSR count). The van der Waals surface area contributed by atoms with Crippen LogP contribution in [0.3, 0.4) is 0 Å². The summed E-state index contributed by atoms with van der Waals surface area (Å²) in [4.78, 5) is 2.52. The highest BCUT2D eigenvalue weighted by molar-refractivity contribution is 7.11. The highest BCUT2D eigenvalue weighted by atomic mass is 32.1. The molecule has 1 saturated heterocycles. The molecule has 2 aromatic rings. The van der Waals surface area contributed by atoms with Crippen LogP contribution < -0.4 is 10.2 Å². The Morgan fingerprint density at radius 2 is 2.24 bits per heavy atom. The van der Waals surface area contributed by atoms with Gasteiger partial charge >= 0.3 is 0 Å². The molecule has 0 atom stereocenters. The van der Waals surface area contributed by atoms with Gasteiger partial charge in [0.1, 0.15) is 5.00 Å². The molecule has 1 N–H and O–H groups in total. The fraction of sp³-hybridized carbons (Fsp3) is 0.462. The lowest BCUT2D eigenvalue weighted by atomic mass is 10.1. The molecule has 4 heteroatoms. The Hall–Kier alpha value is -1.13. The molecule has 0 aliphatic carbocycles. The van der Waals surface area contributed by atoms with Crippen LogP contribution in [0.5, 0.6) is 0 Å². The van der Waals surface area contributed by atoms with E-state index in [1.165, 1.54) is 16.8 Å². The van der Waals surface area contributed by atoms with Crippen molar-refractivity contribution in [2.24, 2.45) is 0 Å². The van der Waals surface area contributed by atoms with E-state index in [0.717, 1.165) is 25.2 Å². The fourth-order valence-corrected chi connectivity index (χ4v) is 3.23. The van der Waals surface area contributed by atoms with E-state index in [9.17, 15) is 0 Å². The number of anilines is 1. The van der Waals surface area contributed by atoms with E-state index in [0.29, 0.717) is 6.04 Å². The van der Waals surface area contributed by atoms with Crippen LogP contribution in [-0.2, 0) is 0 Å². The van der Waals surface area contributed by atoms with Crippen molar-refractivity contribution in [1.29, 1.82) is 0 Å². The first kappa shape index (κ1) is 11.0. The van der Waals surface area contributed by atoms with Gasteiger partial charge in [0.2, 0.25) is 0 Å². The zero-order valence-electron chi connectivity index (χ0n) is 10.0. The second-order valence-corrected chi connectivity index (χ2v) is 5.26. The lowest BCUT2D eigenvalue weighted by Gasteiger charge is -2.38. The third-order valence-electron chi connectivity index (χ3n) is 3.29. The van der Waals surface area contributed by atoms with Crippen LogP contribution in [0.1, 0.15) is 13.3 Å². The van der Waals surface area contributed by atoms with Crippen LogP contribution in [0, 0.1) is 0 Å². The van der Waals surface area contributed by atoms with E-state index < -0.39 is 0 Å². The summed E-state index contributed by atoms with van der Waals surface area (Å²) >= 11 is 1.64. The third kappa shape index (κ3) is 1.91. The Labute approximate surface area is 106 Å². The highest BCUT2D eigenvalue weighted by Gasteiger charge is 2.26. The van der Waals surface area contributed by atoms with Crippen molar-refractivity contribution in [3.63, 3.8) is 0 Å². The zero-order chi connectivity index (χ0) is 11.7. The monoisotopic (exact) mass is 247 g/mol. The number of nitrogens with zero attached hydrogens (tertiary/aromatic N) is 2. The molecule has 17 heavy (non-hydrogen) atoms. The molecule has 1 fully saturated rings. The van der Waals surface area contributed by atoms with Gasteiger partial charge in [0.25, 0.3) is 0 Å². The van der Waals surface area contributed by atoms with Crippen LogP contribution in [0.25, 0.3) is 10.9 Å². The Kier molecular flexibility index (Phi) is 2.99. The molecule has 0 saturated carbocycles. The molecular formula is C13H17N3S. The van der Waals surface area contributed by atoms with Crippen LogP contribution in [-0.4, -0.2) is 30.0 Å². The summed E-state index contributed by atoms with van der Waals surface area (Å²) in [5, 5.41) is 6.00. The minimum Gasteiger partial charge on any atom is -0.356 e. The van der Waals surface area contributed by atoms with Crippen molar-refractivity contribution in [2.45, 2.75) is 19.4 Å². The minimum atomic E-state index is 0.652. The fourth-order valence-electron chi connectivity index (χ4n) is 2.27. The predicted molar refractivity (Wildman–Crippen MR) is 73.9 cm³/mol. The number of nitrogens with one attached hydrogen (secondary N) is 1. The topological polar surface area (TPSA) is 28.2 Å². The number of rotatable bonds is 4.